The lowest BCUT2D eigenvalue weighted by atomic mass is 10.2. The van der Waals surface area contributed by atoms with Gasteiger partial charge in [-0.2, -0.15) is 0 Å². The van der Waals surface area contributed by atoms with Crippen LogP contribution in [0.25, 0.3) is 6.08 Å². The molecular formula is C34H34ClN3O9S. The number of nitrogens with zero attached hydrogens (tertiary/aromatic N) is 1. The van der Waals surface area contributed by atoms with Gasteiger partial charge in [0.25, 0.3) is 17.1 Å². The lowest BCUT2D eigenvalue weighted by Gasteiger charge is -2.14. The van der Waals surface area contributed by atoms with E-state index < -0.39 is 35.5 Å². The number of para-hydroxylation sites is 2. The third-order valence-electron chi connectivity index (χ3n) is 6.68. The Morgan fingerprint density at radius 1 is 0.917 bits per heavy atom. The average molecular weight is 696 g/mol. The molecule has 48 heavy (non-hydrogen) atoms. The number of ether oxygens (including phenoxy) is 4. The van der Waals surface area contributed by atoms with Gasteiger partial charge in [-0.15, -0.1) is 0 Å². The molecule has 0 atom stereocenters. The number of halogens is 1. The van der Waals surface area contributed by atoms with Crippen LogP contribution in [0.15, 0.2) is 65.6 Å². The molecular weight excluding hydrogens is 662 g/mol. The van der Waals surface area contributed by atoms with Crippen LogP contribution in [-0.2, 0) is 19.1 Å². The molecule has 1 aliphatic rings. The van der Waals surface area contributed by atoms with Crippen LogP contribution in [-0.4, -0.2) is 67.3 Å². The lowest BCUT2D eigenvalue weighted by Crippen LogP contribution is -2.36. The summed E-state index contributed by atoms with van der Waals surface area (Å²) in [4.78, 5) is 64.4. The van der Waals surface area contributed by atoms with Crippen LogP contribution in [0.5, 0.6) is 17.2 Å². The van der Waals surface area contributed by atoms with Crippen LogP contribution < -0.4 is 24.8 Å². The molecule has 12 nitrogen and oxygen atoms in total. The standard InChI is InChI=1S/C34H34ClN3O9S/c1-4-6-15-46-33(42)23-18-22(12-13-24(23)35)36-30(39)19-38-32(41)29(48-34(38)43)17-21-11-14-27(28(16-21)44-3)47-20-31(40)37-25-9-7-8-10-26(25)45-5-2/h7-14,16-18H,4-6,15,19-20H2,1-3H3,(H,36,39)(H,37,40)/b29-17+. The average Bonchev–Trinajstić information content (AvgIpc) is 3.32. The minimum absolute atomic E-state index is 0.0815. The van der Waals surface area contributed by atoms with Gasteiger partial charge in [-0.05, 0) is 79.2 Å². The van der Waals surface area contributed by atoms with E-state index in [1.807, 2.05) is 13.8 Å². The van der Waals surface area contributed by atoms with Gasteiger partial charge in [0.2, 0.25) is 5.91 Å². The highest BCUT2D eigenvalue weighted by atomic mass is 35.5. The lowest BCUT2D eigenvalue weighted by molar-refractivity contribution is -0.127. The molecule has 3 aromatic rings. The van der Waals surface area contributed by atoms with Gasteiger partial charge in [0, 0.05) is 5.69 Å². The fourth-order valence-corrected chi connectivity index (χ4v) is 5.39. The van der Waals surface area contributed by atoms with Crippen LogP contribution in [0.4, 0.5) is 16.2 Å². The summed E-state index contributed by atoms with van der Waals surface area (Å²) in [6.07, 6.45) is 3.04. The number of imide groups is 1. The first kappa shape index (κ1) is 35.8. The minimum atomic E-state index is -0.653. The predicted octanol–water partition coefficient (Wildman–Crippen LogP) is 6.40. The highest BCUT2D eigenvalue weighted by Gasteiger charge is 2.36. The van der Waals surface area contributed by atoms with Crippen LogP contribution in [0, 0.1) is 0 Å². The summed E-state index contributed by atoms with van der Waals surface area (Å²) in [5.41, 5.74) is 1.36. The molecule has 1 fully saturated rings. The van der Waals surface area contributed by atoms with Crippen LogP contribution in [0.2, 0.25) is 5.02 Å². The SMILES string of the molecule is CCCCOC(=O)c1cc(NC(=O)CN2C(=O)S/C(=C/c3ccc(OCC(=O)Nc4ccccc4OCC)c(OC)c3)C2=O)ccc1Cl. The number of unbranched alkanes of at least 4 members (excludes halogenated alkanes) is 1. The van der Waals surface area contributed by atoms with Crippen molar-refractivity contribution in [3.8, 4) is 17.2 Å². The molecule has 1 aliphatic heterocycles. The van der Waals surface area contributed by atoms with Crippen molar-refractivity contribution < 1.29 is 42.9 Å². The number of rotatable bonds is 15. The first-order valence-electron chi connectivity index (χ1n) is 15.0. The topological polar surface area (TPSA) is 150 Å². The van der Waals surface area contributed by atoms with Crippen molar-refractivity contribution >= 4 is 69.7 Å². The summed E-state index contributed by atoms with van der Waals surface area (Å²) < 4.78 is 21.8. The molecule has 0 aromatic heterocycles. The Hall–Kier alpha value is -5.01. The Labute approximate surface area is 286 Å². The molecule has 0 aliphatic carbocycles. The van der Waals surface area contributed by atoms with Crippen LogP contribution >= 0.6 is 23.4 Å². The van der Waals surface area contributed by atoms with Gasteiger partial charge in [-0.3, -0.25) is 24.1 Å². The zero-order chi connectivity index (χ0) is 34.6. The largest absolute Gasteiger partial charge is 0.493 e. The minimum Gasteiger partial charge on any atom is -0.493 e. The maximum atomic E-state index is 13.1. The van der Waals surface area contributed by atoms with Crippen molar-refractivity contribution in [2.45, 2.75) is 26.7 Å². The molecule has 2 N–H and O–H groups in total. The summed E-state index contributed by atoms with van der Waals surface area (Å²) in [7, 11) is 1.43. The Kier molecular flexibility index (Phi) is 12.9. The number of carbonyl (C=O) groups is 5. The molecule has 3 aromatic carbocycles. The van der Waals surface area contributed by atoms with Crippen molar-refractivity contribution in [1.29, 1.82) is 0 Å². The number of thioether (sulfide) groups is 1. The van der Waals surface area contributed by atoms with E-state index in [0.717, 1.165) is 11.3 Å². The number of amides is 4. The zero-order valence-corrected chi connectivity index (χ0v) is 28.1. The summed E-state index contributed by atoms with van der Waals surface area (Å²) in [6.45, 7) is 3.64. The first-order valence-corrected chi connectivity index (χ1v) is 16.2. The van der Waals surface area contributed by atoms with Gasteiger partial charge >= 0.3 is 5.97 Å². The number of carbonyl (C=O) groups excluding carboxylic acids is 5. The number of anilines is 2. The van der Waals surface area contributed by atoms with E-state index >= 15 is 0 Å². The molecule has 252 valence electrons. The van der Waals surface area contributed by atoms with E-state index in [-0.39, 0.29) is 40.1 Å². The monoisotopic (exact) mass is 695 g/mol. The second-order valence-electron chi connectivity index (χ2n) is 10.2. The Morgan fingerprint density at radius 2 is 1.71 bits per heavy atom. The van der Waals surface area contributed by atoms with Crippen molar-refractivity contribution in [2.24, 2.45) is 0 Å². The number of nitrogens with one attached hydrogen (secondary N) is 2. The molecule has 4 rings (SSSR count). The Bertz CT molecular complexity index is 1730. The van der Waals surface area contributed by atoms with E-state index in [1.165, 1.54) is 31.4 Å². The Morgan fingerprint density at radius 3 is 2.46 bits per heavy atom. The number of esters is 1. The van der Waals surface area contributed by atoms with Gasteiger partial charge in [-0.1, -0.05) is 43.1 Å². The maximum absolute atomic E-state index is 13.1. The van der Waals surface area contributed by atoms with Gasteiger partial charge < -0.3 is 29.6 Å². The maximum Gasteiger partial charge on any atom is 0.339 e. The molecule has 4 amide bonds. The summed E-state index contributed by atoms with van der Waals surface area (Å²) in [5, 5.41) is 4.87. The number of hydrogen-bond donors (Lipinski definition) is 2. The zero-order valence-electron chi connectivity index (χ0n) is 26.5. The van der Waals surface area contributed by atoms with E-state index in [9.17, 15) is 24.0 Å². The fraction of sp³-hybridized carbons (Fsp3) is 0.265. The number of hydrogen-bond acceptors (Lipinski definition) is 10. The predicted molar refractivity (Wildman–Crippen MR) is 183 cm³/mol. The fourth-order valence-electron chi connectivity index (χ4n) is 4.35. The van der Waals surface area contributed by atoms with E-state index in [4.69, 9.17) is 30.5 Å². The second-order valence-corrected chi connectivity index (χ2v) is 11.6. The van der Waals surface area contributed by atoms with Crippen molar-refractivity contribution in [3.05, 3.63) is 81.7 Å². The van der Waals surface area contributed by atoms with Gasteiger partial charge in [0.05, 0.1) is 41.5 Å². The third kappa shape index (κ3) is 9.52. The van der Waals surface area contributed by atoms with Gasteiger partial charge in [0.1, 0.15) is 12.3 Å². The van der Waals surface area contributed by atoms with Crippen molar-refractivity contribution in [2.75, 3.05) is 44.1 Å². The Balaban J connectivity index is 1.36. The molecule has 0 unspecified atom stereocenters. The highest BCUT2D eigenvalue weighted by Crippen LogP contribution is 2.35. The quantitative estimate of drug-likeness (QED) is 0.104. The smallest absolute Gasteiger partial charge is 0.339 e. The van der Waals surface area contributed by atoms with Gasteiger partial charge in [0.15, 0.2) is 18.1 Å². The molecule has 1 saturated heterocycles. The number of methoxy groups -OCH3 is 1. The van der Waals surface area contributed by atoms with E-state index in [1.54, 1.807) is 42.5 Å². The molecule has 1 heterocycles. The highest BCUT2D eigenvalue weighted by molar-refractivity contribution is 8.18. The first-order chi connectivity index (χ1) is 23.1. The summed E-state index contributed by atoms with van der Waals surface area (Å²) >= 11 is 6.83. The normalized spacial score (nSPS) is 13.3. The molecule has 14 heteroatoms. The molecule has 0 bridgehead atoms. The second kappa shape index (κ2) is 17.2. The molecule has 0 saturated carbocycles. The van der Waals surface area contributed by atoms with Crippen molar-refractivity contribution in [1.82, 2.24) is 4.90 Å². The summed E-state index contributed by atoms with van der Waals surface area (Å²) in [6, 6.07) is 16.1. The number of benzene rings is 3. The van der Waals surface area contributed by atoms with Gasteiger partial charge in [-0.25, -0.2) is 4.79 Å². The van der Waals surface area contributed by atoms with E-state index in [2.05, 4.69) is 10.6 Å². The van der Waals surface area contributed by atoms with Crippen LogP contribution in [0.1, 0.15) is 42.6 Å². The third-order valence-corrected chi connectivity index (χ3v) is 7.92. The van der Waals surface area contributed by atoms with Crippen LogP contribution in [0.3, 0.4) is 0 Å². The van der Waals surface area contributed by atoms with E-state index in [0.29, 0.717) is 47.5 Å². The summed E-state index contributed by atoms with van der Waals surface area (Å²) in [5.74, 6) is -1.22. The van der Waals surface area contributed by atoms with Crippen molar-refractivity contribution in [3.63, 3.8) is 0 Å². The molecule has 0 radical (unpaired) electrons. The molecule has 0 spiro atoms.